The number of nitriles is 1. The van der Waals surface area contributed by atoms with E-state index in [1.807, 2.05) is 29.8 Å². The number of rotatable bonds is 6. The second kappa shape index (κ2) is 8.66. The van der Waals surface area contributed by atoms with Crippen LogP contribution in [0.25, 0.3) is 27.9 Å². The predicted molar refractivity (Wildman–Crippen MR) is 137 cm³/mol. The molecule has 9 nitrogen and oxygen atoms in total. The minimum absolute atomic E-state index is 0.159. The quantitative estimate of drug-likeness (QED) is 0.362. The summed E-state index contributed by atoms with van der Waals surface area (Å²) >= 11 is 6.55. The van der Waals surface area contributed by atoms with Crippen molar-refractivity contribution in [3.05, 3.63) is 76.7 Å². The molecule has 0 radical (unpaired) electrons. The van der Waals surface area contributed by atoms with E-state index in [4.69, 9.17) is 16.6 Å². The van der Waals surface area contributed by atoms with Crippen molar-refractivity contribution in [1.82, 2.24) is 29.5 Å². The van der Waals surface area contributed by atoms with Crippen LogP contribution in [0.5, 0.6) is 0 Å². The summed E-state index contributed by atoms with van der Waals surface area (Å²) in [6, 6.07) is 13.2. The smallest absolute Gasteiger partial charge is 0.253 e. The Morgan fingerprint density at radius 1 is 1.22 bits per heavy atom. The third-order valence-corrected chi connectivity index (χ3v) is 6.50. The molecule has 1 amide bonds. The number of aryl methyl sites for hydroxylation is 1. The van der Waals surface area contributed by atoms with Gasteiger partial charge in [0, 0.05) is 37.0 Å². The zero-order valence-corrected chi connectivity index (χ0v) is 20.1. The predicted octanol–water partition coefficient (Wildman–Crippen LogP) is 4.31. The molecule has 0 bridgehead atoms. The van der Waals surface area contributed by atoms with E-state index < -0.39 is 0 Å². The SMILES string of the molecule is Cn1cc(CNc2nc3cc(C#N)ccc3n3c(-c4ccc(C(=O)NC5CC5)c(Cl)c4)cnc23)cn1. The van der Waals surface area contributed by atoms with Crippen LogP contribution in [-0.4, -0.2) is 36.1 Å². The van der Waals surface area contributed by atoms with E-state index in [9.17, 15) is 10.1 Å². The van der Waals surface area contributed by atoms with Gasteiger partial charge in [0.25, 0.3) is 5.91 Å². The standard InChI is InChI=1S/C26H21ClN8O/c1-34-14-16(12-31-34)11-29-24-25-30-13-23(35(25)22-7-2-15(10-28)8-21(22)33-24)17-3-6-19(20(27)9-17)26(36)32-18-4-5-18/h2-3,6-9,12-14,18H,4-5,11H2,1H3,(H,29,33)(H,32,36). The number of anilines is 1. The minimum Gasteiger partial charge on any atom is -0.363 e. The minimum atomic E-state index is -0.159. The number of imidazole rings is 1. The zero-order chi connectivity index (χ0) is 24.8. The lowest BCUT2D eigenvalue weighted by Gasteiger charge is -2.12. The van der Waals surface area contributed by atoms with Gasteiger partial charge in [-0.2, -0.15) is 10.4 Å². The Kier molecular flexibility index (Phi) is 5.31. The summed E-state index contributed by atoms with van der Waals surface area (Å²) in [4.78, 5) is 22.0. The molecule has 1 aliphatic carbocycles. The van der Waals surface area contributed by atoms with Gasteiger partial charge in [-0.3, -0.25) is 13.9 Å². The van der Waals surface area contributed by atoms with Crippen LogP contribution in [0.2, 0.25) is 5.02 Å². The fraction of sp³-hybridized carbons (Fsp3) is 0.192. The molecule has 3 aromatic heterocycles. The summed E-state index contributed by atoms with van der Waals surface area (Å²) in [5, 5.41) is 20.3. The number of nitrogens with one attached hydrogen (secondary N) is 2. The highest BCUT2D eigenvalue weighted by Crippen LogP contribution is 2.32. The monoisotopic (exact) mass is 496 g/mol. The Morgan fingerprint density at radius 2 is 2.08 bits per heavy atom. The molecule has 6 rings (SSSR count). The largest absolute Gasteiger partial charge is 0.363 e. The van der Waals surface area contributed by atoms with Crippen LogP contribution in [0.1, 0.15) is 34.3 Å². The number of benzene rings is 2. The lowest BCUT2D eigenvalue weighted by molar-refractivity contribution is 0.0951. The first kappa shape index (κ1) is 22.1. The highest BCUT2D eigenvalue weighted by Gasteiger charge is 2.25. The van der Waals surface area contributed by atoms with Gasteiger partial charge in [0.2, 0.25) is 0 Å². The summed E-state index contributed by atoms with van der Waals surface area (Å²) < 4.78 is 3.73. The average molecular weight is 497 g/mol. The Labute approximate surface area is 211 Å². The highest BCUT2D eigenvalue weighted by molar-refractivity contribution is 6.34. The lowest BCUT2D eigenvalue weighted by atomic mass is 10.1. The average Bonchev–Trinajstić information content (AvgIpc) is 3.41. The fourth-order valence-corrected chi connectivity index (χ4v) is 4.49. The maximum absolute atomic E-state index is 12.5. The topological polar surface area (TPSA) is 113 Å². The normalized spacial score (nSPS) is 13.1. The molecule has 3 heterocycles. The van der Waals surface area contributed by atoms with E-state index in [2.05, 4.69) is 26.8 Å². The molecule has 5 aromatic rings. The summed E-state index contributed by atoms with van der Waals surface area (Å²) in [5.74, 6) is 0.423. The first-order valence-electron chi connectivity index (χ1n) is 11.5. The lowest BCUT2D eigenvalue weighted by Crippen LogP contribution is -2.25. The molecule has 0 atom stereocenters. The molecule has 0 saturated heterocycles. The number of nitrogens with zero attached hydrogens (tertiary/aromatic N) is 6. The molecule has 2 aromatic carbocycles. The van der Waals surface area contributed by atoms with Crippen molar-refractivity contribution in [2.24, 2.45) is 7.05 Å². The fourth-order valence-electron chi connectivity index (χ4n) is 4.23. The van der Waals surface area contributed by atoms with Crippen molar-refractivity contribution >= 4 is 40.0 Å². The highest BCUT2D eigenvalue weighted by atomic mass is 35.5. The zero-order valence-electron chi connectivity index (χ0n) is 19.4. The molecule has 10 heteroatoms. The number of halogens is 1. The third kappa shape index (κ3) is 4.01. The molecule has 0 aliphatic heterocycles. The van der Waals surface area contributed by atoms with E-state index in [-0.39, 0.29) is 11.9 Å². The van der Waals surface area contributed by atoms with E-state index in [0.29, 0.717) is 39.7 Å². The Bertz CT molecular complexity index is 1690. The van der Waals surface area contributed by atoms with Crippen molar-refractivity contribution in [1.29, 1.82) is 5.26 Å². The molecule has 178 valence electrons. The van der Waals surface area contributed by atoms with Crippen molar-refractivity contribution in [2.45, 2.75) is 25.4 Å². The van der Waals surface area contributed by atoms with Gasteiger partial charge in [0.1, 0.15) is 0 Å². The number of hydrogen-bond donors (Lipinski definition) is 2. The molecular formula is C26H21ClN8O. The maximum Gasteiger partial charge on any atom is 0.253 e. The van der Waals surface area contributed by atoms with Gasteiger partial charge < -0.3 is 10.6 Å². The van der Waals surface area contributed by atoms with Crippen LogP contribution in [0.4, 0.5) is 5.82 Å². The molecular weight excluding hydrogens is 476 g/mol. The van der Waals surface area contributed by atoms with Crippen LogP contribution >= 0.6 is 11.6 Å². The number of carbonyl (C=O) groups excluding carboxylic acids is 1. The number of amides is 1. The van der Waals surface area contributed by atoms with Crippen LogP contribution in [-0.2, 0) is 13.6 Å². The molecule has 0 unspecified atom stereocenters. The van der Waals surface area contributed by atoms with Gasteiger partial charge in [0.15, 0.2) is 11.5 Å². The summed E-state index contributed by atoms with van der Waals surface area (Å²) in [6.45, 7) is 0.513. The Balaban J connectivity index is 1.45. The summed E-state index contributed by atoms with van der Waals surface area (Å²) in [7, 11) is 1.87. The van der Waals surface area contributed by atoms with Gasteiger partial charge in [-0.1, -0.05) is 17.7 Å². The first-order chi connectivity index (χ1) is 17.5. The Morgan fingerprint density at radius 3 is 2.81 bits per heavy atom. The molecule has 1 saturated carbocycles. The van der Waals surface area contributed by atoms with Gasteiger partial charge in [-0.15, -0.1) is 0 Å². The van der Waals surface area contributed by atoms with Crippen molar-refractivity contribution in [3.8, 4) is 17.3 Å². The van der Waals surface area contributed by atoms with Gasteiger partial charge >= 0.3 is 0 Å². The van der Waals surface area contributed by atoms with Gasteiger partial charge in [-0.05, 0) is 43.2 Å². The van der Waals surface area contributed by atoms with Crippen LogP contribution in [0.3, 0.4) is 0 Å². The van der Waals surface area contributed by atoms with Crippen LogP contribution < -0.4 is 10.6 Å². The Hall–Kier alpha value is -4.42. The molecule has 1 fully saturated rings. The van der Waals surface area contributed by atoms with E-state index in [1.165, 1.54) is 0 Å². The number of hydrogen-bond acceptors (Lipinski definition) is 6. The number of aromatic nitrogens is 5. The second-order valence-electron chi connectivity index (χ2n) is 8.90. The van der Waals surface area contributed by atoms with Gasteiger partial charge in [0.05, 0.1) is 51.3 Å². The van der Waals surface area contributed by atoms with E-state index in [0.717, 1.165) is 35.2 Å². The summed E-state index contributed by atoms with van der Waals surface area (Å²) in [6.07, 6.45) is 7.50. The van der Waals surface area contributed by atoms with Crippen molar-refractivity contribution in [2.75, 3.05) is 5.32 Å². The molecule has 1 aliphatic rings. The van der Waals surface area contributed by atoms with E-state index in [1.54, 1.807) is 41.3 Å². The van der Waals surface area contributed by atoms with Gasteiger partial charge in [-0.25, -0.2) is 9.97 Å². The maximum atomic E-state index is 12.5. The van der Waals surface area contributed by atoms with Crippen LogP contribution in [0, 0.1) is 11.3 Å². The van der Waals surface area contributed by atoms with Crippen LogP contribution in [0.15, 0.2) is 55.0 Å². The first-order valence-corrected chi connectivity index (χ1v) is 11.9. The number of carbonyl (C=O) groups is 1. The molecule has 36 heavy (non-hydrogen) atoms. The van der Waals surface area contributed by atoms with E-state index >= 15 is 0 Å². The van der Waals surface area contributed by atoms with Crippen molar-refractivity contribution < 1.29 is 4.79 Å². The third-order valence-electron chi connectivity index (χ3n) is 6.19. The van der Waals surface area contributed by atoms with Crippen molar-refractivity contribution in [3.63, 3.8) is 0 Å². The summed E-state index contributed by atoms with van der Waals surface area (Å²) in [5.41, 5.74) is 5.66. The molecule has 0 spiro atoms. The molecule has 2 N–H and O–H groups in total. The second-order valence-corrected chi connectivity index (χ2v) is 9.30. The number of fused-ring (bicyclic) bond motifs is 3.